The minimum atomic E-state index is -1.15. The van der Waals surface area contributed by atoms with E-state index in [4.69, 9.17) is 0 Å². The summed E-state index contributed by atoms with van der Waals surface area (Å²) in [5, 5.41) is 11.1. The van der Waals surface area contributed by atoms with Gasteiger partial charge in [-0.25, -0.2) is 4.39 Å². The molecular formula is C21H27FO3. The molecule has 1 unspecified atom stereocenters. The predicted octanol–water partition coefficient (Wildman–Crippen LogP) is 3.42. The third-order valence-corrected chi connectivity index (χ3v) is 7.96. The van der Waals surface area contributed by atoms with Crippen molar-refractivity contribution in [1.29, 1.82) is 0 Å². The fourth-order valence-corrected chi connectivity index (χ4v) is 7.00. The molecule has 0 radical (unpaired) electrons. The molecule has 0 spiro atoms. The number of ketones is 2. The van der Waals surface area contributed by atoms with Gasteiger partial charge in [0.1, 0.15) is 12.0 Å². The van der Waals surface area contributed by atoms with Crippen LogP contribution in [0, 0.1) is 34.5 Å². The van der Waals surface area contributed by atoms with Gasteiger partial charge >= 0.3 is 0 Å². The number of aliphatic hydroxyl groups excluding tert-OH is 1. The van der Waals surface area contributed by atoms with Gasteiger partial charge < -0.3 is 5.11 Å². The summed E-state index contributed by atoms with van der Waals surface area (Å²) in [6, 6.07) is 0. The molecule has 1 N–H and O–H groups in total. The first-order valence-electron chi connectivity index (χ1n) is 9.46. The second-order valence-electron chi connectivity index (χ2n) is 9.14. The monoisotopic (exact) mass is 346 g/mol. The first-order valence-corrected chi connectivity index (χ1v) is 9.46. The van der Waals surface area contributed by atoms with Crippen LogP contribution in [-0.2, 0) is 9.59 Å². The smallest absolute Gasteiger partial charge is 0.178 e. The molecule has 3 nitrogen and oxygen atoms in total. The predicted molar refractivity (Wildman–Crippen MR) is 92.5 cm³/mol. The van der Waals surface area contributed by atoms with Gasteiger partial charge in [0, 0.05) is 17.3 Å². The number of hydrogen-bond donors (Lipinski definition) is 1. The molecular weight excluding hydrogens is 319 g/mol. The van der Waals surface area contributed by atoms with Gasteiger partial charge in [-0.1, -0.05) is 19.9 Å². The molecule has 4 heteroatoms. The van der Waals surface area contributed by atoms with Gasteiger partial charge in [-0.2, -0.15) is 0 Å². The Labute approximate surface area is 148 Å². The average molecular weight is 346 g/mol. The van der Waals surface area contributed by atoms with Crippen LogP contribution < -0.4 is 0 Å². The minimum Gasteiger partial charge on any atom is -0.393 e. The van der Waals surface area contributed by atoms with Gasteiger partial charge in [-0.05, 0) is 67.6 Å². The fourth-order valence-electron chi connectivity index (χ4n) is 7.00. The SMILES string of the molecule is CC(=O)[C@H]1CC[C@H]2[C@@H]3CC(F)C4=CC(=O)C=C[C@]4(C)[C@H]3[C@@H](O)C[C@]12C. The highest BCUT2D eigenvalue weighted by Crippen LogP contribution is 2.66. The van der Waals surface area contributed by atoms with E-state index in [1.54, 1.807) is 6.92 Å². The van der Waals surface area contributed by atoms with Crippen molar-refractivity contribution in [2.75, 3.05) is 0 Å². The molecule has 0 heterocycles. The summed E-state index contributed by atoms with van der Waals surface area (Å²) >= 11 is 0. The molecule has 0 amide bonds. The third kappa shape index (κ3) is 2.19. The highest BCUT2D eigenvalue weighted by molar-refractivity contribution is 6.01. The number of rotatable bonds is 1. The Hall–Kier alpha value is -1.29. The average Bonchev–Trinajstić information content (AvgIpc) is 2.85. The lowest BCUT2D eigenvalue weighted by molar-refractivity contribution is -0.140. The van der Waals surface area contributed by atoms with Crippen LogP contribution in [0.3, 0.4) is 0 Å². The van der Waals surface area contributed by atoms with E-state index in [1.807, 2.05) is 13.0 Å². The number of aliphatic hydroxyl groups is 1. The highest BCUT2D eigenvalue weighted by Gasteiger charge is 2.63. The van der Waals surface area contributed by atoms with Crippen LogP contribution in [0.25, 0.3) is 0 Å². The molecule has 0 saturated heterocycles. The van der Waals surface area contributed by atoms with Crippen LogP contribution in [0.2, 0.25) is 0 Å². The molecule has 0 aliphatic heterocycles. The van der Waals surface area contributed by atoms with Crippen LogP contribution in [0.1, 0.15) is 46.5 Å². The number of carbonyl (C=O) groups excluding carboxylic acids is 2. The normalized spacial score (nSPS) is 51.4. The van der Waals surface area contributed by atoms with E-state index >= 15 is 4.39 Å². The van der Waals surface area contributed by atoms with Crippen molar-refractivity contribution in [2.24, 2.45) is 34.5 Å². The molecule has 136 valence electrons. The molecule has 0 bridgehead atoms. The zero-order chi connectivity index (χ0) is 18.1. The summed E-state index contributed by atoms with van der Waals surface area (Å²) in [5.74, 6) is 0.225. The van der Waals surface area contributed by atoms with E-state index in [0.717, 1.165) is 12.8 Å². The number of carbonyl (C=O) groups is 2. The summed E-state index contributed by atoms with van der Waals surface area (Å²) in [4.78, 5) is 23.9. The summed E-state index contributed by atoms with van der Waals surface area (Å²) in [6.07, 6.45) is 5.77. The lowest BCUT2D eigenvalue weighted by Gasteiger charge is -2.59. The minimum absolute atomic E-state index is 0.0283. The molecule has 0 aromatic carbocycles. The van der Waals surface area contributed by atoms with Crippen molar-refractivity contribution in [3.05, 3.63) is 23.8 Å². The van der Waals surface area contributed by atoms with Gasteiger partial charge in [0.15, 0.2) is 5.78 Å². The molecule has 25 heavy (non-hydrogen) atoms. The van der Waals surface area contributed by atoms with Crippen LogP contribution in [0.4, 0.5) is 4.39 Å². The molecule has 3 fully saturated rings. The van der Waals surface area contributed by atoms with Crippen molar-refractivity contribution in [3.8, 4) is 0 Å². The number of Topliss-reactive ketones (excluding diaryl/α,β-unsaturated/α-hetero) is 1. The molecule has 4 rings (SSSR count). The zero-order valence-corrected chi connectivity index (χ0v) is 15.2. The summed E-state index contributed by atoms with van der Waals surface area (Å²) in [6.45, 7) is 5.74. The summed E-state index contributed by atoms with van der Waals surface area (Å²) in [5.41, 5.74) is -0.312. The molecule has 0 aromatic rings. The largest absolute Gasteiger partial charge is 0.393 e. The van der Waals surface area contributed by atoms with Crippen molar-refractivity contribution < 1.29 is 19.1 Å². The Balaban J connectivity index is 1.77. The number of halogens is 1. The van der Waals surface area contributed by atoms with Crippen molar-refractivity contribution in [1.82, 2.24) is 0 Å². The fraction of sp³-hybridized carbons (Fsp3) is 0.714. The van der Waals surface area contributed by atoms with Gasteiger partial charge in [-0.3, -0.25) is 9.59 Å². The quantitative estimate of drug-likeness (QED) is 0.791. The van der Waals surface area contributed by atoms with E-state index in [9.17, 15) is 14.7 Å². The van der Waals surface area contributed by atoms with Crippen molar-refractivity contribution in [3.63, 3.8) is 0 Å². The Morgan fingerprint density at radius 3 is 2.72 bits per heavy atom. The summed E-state index contributed by atoms with van der Waals surface area (Å²) < 4.78 is 15.1. The van der Waals surface area contributed by atoms with E-state index in [1.165, 1.54) is 12.2 Å². The van der Waals surface area contributed by atoms with Crippen LogP contribution in [0.5, 0.6) is 0 Å². The van der Waals surface area contributed by atoms with Gasteiger partial charge in [0.05, 0.1) is 6.10 Å². The maximum atomic E-state index is 15.1. The maximum Gasteiger partial charge on any atom is 0.178 e. The number of fused-ring (bicyclic) bond motifs is 5. The molecule has 0 aromatic heterocycles. The lowest BCUT2D eigenvalue weighted by Crippen LogP contribution is -2.58. The molecule has 3 saturated carbocycles. The Bertz CT molecular complexity index is 695. The van der Waals surface area contributed by atoms with E-state index in [0.29, 0.717) is 18.4 Å². The van der Waals surface area contributed by atoms with Crippen molar-refractivity contribution in [2.45, 2.75) is 58.7 Å². The standard InChI is InChI=1S/C21H27FO3/c1-11(23)14-4-5-15-13-9-17(22)16-8-12(24)6-7-20(16,2)19(13)18(25)10-21(14,15)3/h6-8,13-15,17-19,25H,4-5,9-10H2,1-3H3/t13-,14+,15-,17?,18-,19+,20-,21+/m0/s1. The third-order valence-electron chi connectivity index (χ3n) is 7.96. The Kier molecular flexibility index (Phi) is 3.67. The van der Waals surface area contributed by atoms with E-state index < -0.39 is 17.7 Å². The van der Waals surface area contributed by atoms with Gasteiger partial charge in [0.25, 0.3) is 0 Å². The van der Waals surface area contributed by atoms with Gasteiger partial charge in [0.2, 0.25) is 0 Å². The maximum absolute atomic E-state index is 15.1. The zero-order valence-electron chi connectivity index (χ0n) is 15.2. The number of allylic oxidation sites excluding steroid dienone is 4. The molecule has 8 atom stereocenters. The van der Waals surface area contributed by atoms with Crippen LogP contribution >= 0.6 is 0 Å². The van der Waals surface area contributed by atoms with Crippen LogP contribution in [-0.4, -0.2) is 28.9 Å². The van der Waals surface area contributed by atoms with E-state index in [2.05, 4.69) is 6.92 Å². The summed E-state index contributed by atoms with van der Waals surface area (Å²) in [7, 11) is 0. The number of alkyl halides is 1. The molecule has 4 aliphatic carbocycles. The number of hydrogen-bond acceptors (Lipinski definition) is 3. The topological polar surface area (TPSA) is 54.4 Å². The first kappa shape index (κ1) is 17.1. The Morgan fingerprint density at radius 1 is 1.32 bits per heavy atom. The second kappa shape index (κ2) is 5.35. The van der Waals surface area contributed by atoms with Crippen LogP contribution in [0.15, 0.2) is 23.8 Å². The second-order valence-corrected chi connectivity index (χ2v) is 9.14. The van der Waals surface area contributed by atoms with E-state index in [-0.39, 0.29) is 40.7 Å². The lowest BCUT2D eigenvalue weighted by atomic mass is 9.46. The van der Waals surface area contributed by atoms with Gasteiger partial charge in [-0.15, -0.1) is 0 Å². The molecule has 4 aliphatic rings. The Morgan fingerprint density at radius 2 is 2.04 bits per heavy atom. The van der Waals surface area contributed by atoms with Crippen molar-refractivity contribution >= 4 is 11.6 Å². The first-order chi connectivity index (χ1) is 11.7. The highest BCUT2D eigenvalue weighted by atomic mass is 19.1.